The van der Waals surface area contributed by atoms with Crippen LogP contribution < -0.4 is 5.32 Å². The highest BCUT2D eigenvalue weighted by Gasteiger charge is 2.15. The molecule has 0 fully saturated rings. The van der Waals surface area contributed by atoms with Gasteiger partial charge in [-0.1, -0.05) is 11.6 Å². The fourth-order valence-corrected chi connectivity index (χ4v) is 1.46. The third-order valence-electron chi connectivity index (χ3n) is 2.30. The van der Waals surface area contributed by atoms with Crippen molar-refractivity contribution in [3.8, 4) is 6.07 Å². The molecule has 0 aromatic heterocycles. The molecule has 100 valence electrons. The van der Waals surface area contributed by atoms with E-state index in [1.807, 2.05) is 6.07 Å². The van der Waals surface area contributed by atoms with E-state index in [-0.39, 0.29) is 29.4 Å². The Bertz CT molecular complexity index is 541. The first kappa shape index (κ1) is 14.7. The number of anilines is 1. The average molecular weight is 283 g/mol. The fraction of sp³-hybridized carbons (Fsp3) is 0.273. The molecule has 0 aliphatic carbocycles. The van der Waals surface area contributed by atoms with Gasteiger partial charge in [0.2, 0.25) is 0 Å². The van der Waals surface area contributed by atoms with Gasteiger partial charge in [0.15, 0.2) is 0 Å². The van der Waals surface area contributed by atoms with Gasteiger partial charge in [-0.05, 0) is 12.1 Å². The van der Waals surface area contributed by atoms with Crippen LogP contribution in [0.3, 0.4) is 0 Å². The van der Waals surface area contributed by atoms with Crippen LogP contribution in [-0.2, 0) is 0 Å². The van der Waals surface area contributed by atoms with Gasteiger partial charge < -0.3 is 10.2 Å². The van der Waals surface area contributed by atoms with E-state index >= 15 is 0 Å². The van der Waals surface area contributed by atoms with Crippen molar-refractivity contribution in [2.75, 3.05) is 18.9 Å². The Kier molecular flexibility index (Phi) is 5.09. The third-order valence-corrected chi connectivity index (χ3v) is 2.62. The fourth-order valence-electron chi connectivity index (χ4n) is 1.27. The minimum absolute atomic E-state index is 0.000772. The summed E-state index contributed by atoms with van der Waals surface area (Å²) in [7, 11) is 1.52. The molecule has 19 heavy (non-hydrogen) atoms. The first-order valence-electron chi connectivity index (χ1n) is 5.28. The topological polar surface area (TPSA) is 99.3 Å². The maximum Gasteiger partial charge on any atom is 0.321 e. The second-order valence-corrected chi connectivity index (χ2v) is 4.09. The maximum absolute atomic E-state index is 11.7. The molecule has 0 heterocycles. The number of urea groups is 1. The lowest BCUT2D eigenvalue weighted by atomic mass is 10.3. The quantitative estimate of drug-likeness (QED) is 0.677. The number of nitro groups is 1. The van der Waals surface area contributed by atoms with Crippen LogP contribution in [0, 0.1) is 21.4 Å². The van der Waals surface area contributed by atoms with Gasteiger partial charge >= 0.3 is 6.03 Å². The van der Waals surface area contributed by atoms with Crippen LogP contribution in [0.5, 0.6) is 0 Å². The van der Waals surface area contributed by atoms with E-state index in [9.17, 15) is 14.9 Å². The van der Waals surface area contributed by atoms with Crippen molar-refractivity contribution < 1.29 is 9.72 Å². The zero-order valence-corrected chi connectivity index (χ0v) is 10.8. The summed E-state index contributed by atoms with van der Waals surface area (Å²) >= 11 is 5.66. The van der Waals surface area contributed by atoms with Crippen LogP contribution in [0.2, 0.25) is 5.02 Å². The average Bonchev–Trinajstić information content (AvgIpc) is 2.37. The van der Waals surface area contributed by atoms with Crippen LogP contribution in [0.25, 0.3) is 0 Å². The van der Waals surface area contributed by atoms with Crippen molar-refractivity contribution >= 4 is 29.0 Å². The number of halogens is 1. The molecule has 1 aromatic rings. The van der Waals surface area contributed by atoms with Gasteiger partial charge in [0.25, 0.3) is 5.69 Å². The van der Waals surface area contributed by atoms with E-state index in [0.717, 1.165) is 0 Å². The Morgan fingerprint density at radius 1 is 1.63 bits per heavy atom. The van der Waals surface area contributed by atoms with Gasteiger partial charge in [0.1, 0.15) is 5.02 Å². The van der Waals surface area contributed by atoms with E-state index in [1.54, 1.807) is 0 Å². The molecule has 0 saturated heterocycles. The zero-order chi connectivity index (χ0) is 14.4. The van der Waals surface area contributed by atoms with E-state index in [1.165, 1.54) is 30.1 Å². The standard InChI is InChI=1S/C11H11ClN4O3/c1-15(6-2-5-13)11(17)14-8-3-4-9(12)10(7-8)16(18)19/h3-4,7H,2,6H2,1H3,(H,14,17). The Morgan fingerprint density at radius 2 is 2.32 bits per heavy atom. The van der Waals surface area contributed by atoms with Gasteiger partial charge in [0, 0.05) is 25.3 Å². The molecule has 1 rings (SSSR count). The molecular weight excluding hydrogens is 272 g/mol. The monoisotopic (exact) mass is 282 g/mol. The molecule has 0 unspecified atom stereocenters. The number of amides is 2. The third kappa shape index (κ3) is 4.12. The number of nitrogens with one attached hydrogen (secondary N) is 1. The first-order chi connectivity index (χ1) is 8.95. The molecule has 0 atom stereocenters. The molecular formula is C11H11ClN4O3. The molecule has 0 radical (unpaired) electrons. The summed E-state index contributed by atoms with van der Waals surface area (Å²) in [5.74, 6) is 0. The normalized spacial score (nSPS) is 9.53. The van der Waals surface area contributed by atoms with Crippen molar-refractivity contribution in [1.82, 2.24) is 4.90 Å². The van der Waals surface area contributed by atoms with E-state index in [4.69, 9.17) is 16.9 Å². The molecule has 1 aromatic carbocycles. The minimum atomic E-state index is -0.628. The summed E-state index contributed by atoms with van der Waals surface area (Å²) in [5, 5.41) is 21.6. The molecule has 0 saturated carbocycles. The Balaban J connectivity index is 2.78. The van der Waals surface area contributed by atoms with Gasteiger partial charge in [-0.15, -0.1) is 0 Å². The number of nitriles is 1. The summed E-state index contributed by atoms with van der Waals surface area (Å²) in [6.45, 7) is 0.276. The predicted octanol–water partition coefficient (Wildman–Crippen LogP) is 2.63. The highest BCUT2D eigenvalue weighted by Crippen LogP contribution is 2.27. The van der Waals surface area contributed by atoms with Crippen LogP contribution >= 0.6 is 11.6 Å². The number of benzene rings is 1. The summed E-state index contributed by atoms with van der Waals surface area (Å²) < 4.78 is 0. The van der Waals surface area contributed by atoms with Gasteiger partial charge in [0.05, 0.1) is 17.4 Å². The smallest absolute Gasteiger partial charge is 0.321 e. The number of carbonyl (C=O) groups excluding carboxylic acids is 1. The summed E-state index contributed by atoms with van der Waals surface area (Å²) in [4.78, 5) is 23.1. The van der Waals surface area contributed by atoms with Crippen molar-refractivity contribution in [3.63, 3.8) is 0 Å². The number of carbonyl (C=O) groups is 1. The second-order valence-electron chi connectivity index (χ2n) is 3.68. The van der Waals surface area contributed by atoms with Crippen molar-refractivity contribution in [3.05, 3.63) is 33.3 Å². The lowest BCUT2D eigenvalue weighted by Gasteiger charge is -2.16. The number of rotatable bonds is 4. The van der Waals surface area contributed by atoms with Gasteiger partial charge in [-0.25, -0.2) is 4.79 Å². The molecule has 0 bridgehead atoms. The van der Waals surface area contributed by atoms with Crippen LogP contribution in [0.15, 0.2) is 18.2 Å². The lowest BCUT2D eigenvalue weighted by Crippen LogP contribution is -2.31. The summed E-state index contributed by atoms with van der Waals surface area (Å²) in [5.41, 5.74) is -0.0101. The molecule has 0 aliphatic heterocycles. The predicted molar refractivity (Wildman–Crippen MR) is 70.0 cm³/mol. The zero-order valence-electron chi connectivity index (χ0n) is 10.1. The van der Waals surface area contributed by atoms with Gasteiger partial charge in [-0.2, -0.15) is 5.26 Å². The molecule has 0 spiro atoms. The molecule has 1 N–H and O–H groups in total. The van der Waals surface area contributed by atoms with Crippen molar-refractivity contribution in [1.29, 1.82) is 5.26 Å². The highest BCUT2D eigenvalue weighted by atomic mass is 35.5. The van der Waals surface area contributed by atoms with E-state index < -0.39 is 11.0 Å². The Morgan fingerprint density at radius 3 is 2.89 bits per heavy atom. The number of hydrogen-bond donors (Lipinski definition) is 1. The number of nitro benzene ring substituents is 1. The maximum atomic E-state index is 11.7. The van der Waals surface area contributed by atoms with Crippen molar-refractivity contribution in [2.24, 2.45) is 0 Å². The minimum Gasteiger partial charge on any atom is -0.327 e. The van der Waals surface area contributed by atoms with Crippen LogP contribution in [-0.4, -0.2) is 29.4 Å². The SMILES string of the molecule is CN(CCC#N)C(=O)Nc1ccc(Cl)c([N+](=O)[O-])c1. The number of nitrogens with zero attached hydrogens (tertiary/aromatic N) is 3. The van der Waals surface area contributed by atoms with E-state index in [0.29, 0.717) is 0 Å². The van der Waals surface area contributed by atoms with Crippen molar-refractivity contribution in [2.45, 2.75) is 6.42 Å². The molecule has 2 amide bonds. The van der Waals surface area contributed by atoms with Crippen LogP contribution in [0.1, 0.15) is 6.42 Å². The first-order valence-corrected chi connectivity index (χ1v) is 5.66. The van der Waals surface area contributed by atoms with Crippen LogP contribution in [0.4, 0.5) is 16.2 Å². The second kappa shape index (κ2) is 6.56. The molecule has 7 nitrogen and oxygen atoms in total. The summed E-state index contributed by atoms with van der Waals surface area (Å²) in [6.07, 6.45) is 0.213. The lowest BCUT2D eigenvalue weighted by molar-refractivity contribution is -0.384. The Labute approximate surface area is 114 Å². The molecule has 8 heteroatoms. The Hall–Kier alpha value is -2.33. The van der Waals surface area contributed by atoms with Gasteiger partial charge in [-0.3, -0.25) is 10.1 Å². The number of hydrogen-bond acceptors (Lipinski definition) is 4. The van der Waals surface area contributed by atoms with E-state index in [2.05, 4.69) is 5.32 Å². The largest absolute Gasteiger partial charge is 0.327 e. The molecule has 0 aliphatic rings. The summed E-state index contributed by atoms with van der Waals surface area (Å²) in [6, 6.07) is 5.45. The highest BCUT2D eigenvalue weighted by molar-refractivity contribution is 6.32.